The van der Waals surface area contributed by atoms with Crippen LogP contribution in [0.15, 0.2) is 66.9 Å². The Morgan fingerprint density at radius 2 is 1.71 bits per heavy atom. The molecule has 116 valence electrons. The van der Waals surface area contributed by atoms with Crippen LogP contribution in [0.25, 0.3) is 21.7 Å². The zero-order valence-electron chi connectivity index (χ0n) is 12.5. The SMILES string of the molecule is O=C(c1cccc2ccccc12)c1c[nH]c2cc([N+](=O)[O-])ccc12. The van der Waals surface area contributed by atoms with E-state index in [4.69, 9.17) is 0 Å². The van der Waals surface area contributed by atoms with Crippen molar-refractivity contribution < 1.29 is 9.72 Å². The van der Waals surface area contributed by atoms with Gasteiger partial charge in [0.15, 0.2) is 5.78 Å². The van der Waals surface area contributed by atoms with E-state index < -0.39 is 4.92 Å². The number of aromatic amines is 1. The quantitative estimate of drug-likeness (QED) is 0.344. The number of nitrogens with zero attached hydrogens (tertiary/aromatic N) is 1. The molecule has 4 rings (SSSR count). The summed E-state index contributed by atoms with van der Waals surface area (Å²) in [5.41, 5.74) is 1.70. The topological polar surface area (TPSA) is 76.0 Å². The Morgan fingerprint density at radius 1 is 0.917 bits per heavy atom. The minimum absolute atomic E-state index is 0.00601. The van der Waals surface area contributed by atoms with Gasteiger partial charge in [0, 0.05) is 34.8 Å². The van der Waals surface area contributed by atoms with E-state index in [9.17, 15) is 14.9 Å². The van der Waals surface area contributed by atoms with E-state index in [-0.39, 0.29) is 11.5 Å². The minimum Gasteiger partial charge on any atom is -0.360 e. The molecular formula is C19H12N2O3. The third kappa shape index (κ3) is 2.14. The molecule has 0 atom stereocenters. The Hall–Kier alpha value is -3.47. The molecule has 1 heterocycles. The van der Waals surface area contributed by atoms with Crippen LogP contribution in [0.3, 0.4) is 0 Å². The number of nitro groups is 1. The number of ketones is 1. The van der Waals surface area contributed by atoms with Crippen molar-refractivity contribution in [1.29, 1.82) is 0 Å². The molecule has 1 N–H and O–H groups in total. The average Bonchev–Trinajstić information content (AvgIpc) is 3.03. The molecule has 3 aromatic carbocycles. The maximum absolute atomic E-state index is 13.0. The van der Waals surface area contributed by atoms with Crippen LogP contribution in [0.4, 0.5) is 5.69 Å². The van der Waals surface area contributed by atoms with Crippen LogP contribution in [0.5, 0.6) is 0 Å². The fraction of sp³-hybridized carbons (Fsp3) is 0. The summed E-state index contributed by atoms with van der Waals surface area (Å²) >= 11 is 0. The van der Waals surface area contributed by atoms with Gasteiger partial charge in [-0.05, 0) is 16.8 Å². The van der Waals surface area contributed by atoms with Crippen LogP contribution in [-0.4, -0.2) is 15.7 Å². The predicted octanol–water partition coefficient (Wildman–Crippen LogP) is 4.46. The van der Waals surface area contributed by atoms with E-state index in [1.165, 1.54) is 12.1 Å². The van der Waals surface area contributed by atoms with E-state index in [1.54, 1.807) is 18.3 Å². The molecule has 4 aromatic rings. The molecule has 0 unspecified atom stereocenters. The van der Waals surface area contributed by atoms with Crippen LogP contribution in [0.2, 0.25) is 0 Å². The van der Waals surface area contributed by atoms with Crippen LogP contribution < -0.4 is 0 Å². The van der Waals surface area contributed by atoms with Crippen molar-refractivity contribution in [2.45, 2.75) is 0 Å². The summed E-state index contributed by atoms with van der Waals surface area (Å²) in [7, 11) is 0. The molecular weight excluding hydrogens is 304 g/mol. The second kappa shape index (κ2) is 5.31. The third-order valence-electron chi connectivity index (χ3n) is 4.16. The van der Waals surface area contributed by atoms with Gasteiger partial charge in [0.25, 0.3) is 5.69 Å². The van der Waals surface area contributed by atoms with Crippen molar-refractivity contribution >= 4 is 33.1 Å². The molecule has 0 spiro atoms. The molecule has 0 radical (unpaired) electrons. The molecule has 0 fully saturated rings. The number of aromatic nitrogens is 1. The molecule has 0 amide bonds. The first-order valence-electron chi connectivity index (χ1n) is 7.43. The van der Waals surface area contributed by atoms with Crippen molar-refractivity contribution in [2.75, 3.05) is 0 Å². The second-order valence-corrected chi connectivity index (χ2v) is 5.55. The summed E-state index contributed by atoms with van der Waals surface area (Å²) in [5.74, 6) is -0.105. The van der Waals surface area contributed by atoms with E-state index >= 15 is 0 Å². The highest BCUT2D eigenvalue weighted by atomic mass is 16.6. The van der Waals surface area contributed by atoms with E-state index in [0.717, 1.165) is 10.8 Å². The fourth-order valence-corrected chi connectivity index (χ4v) is 2.98. The van der Waals surface area contributed by atoms with Gasteiger partial charge in [0.05, 0.1) is 10.4 Å². The third-order valence-corrected chi connectivity index (χ3v) is 4.16. The molecule has 0 aliphatic rings. The highest BCUT2D eigenvalue weighted by molar-refractivity contribution is 6.21. The maximum atomic E-state index is 13.0. The Balaban J connectivity index is 1.88. The van der Waals surface area contributed by atoms with Gasteiger partial charge in [0.2, 0.25) is 0 Å². The lowest BCUT2D eigenvalue weighted by molar-refractivity contribution is -0.384. The summed E-state index contributed by atoms with van der Waals surface area (Å²) in [6.45, 7) is 0. The highest BCUT2D eigenvalue weighted by Gasteiger charge is 2.18. The van der Waals surface area contributed by atoms with Gasteiger partial charge in [-0.3, -0.25) is 14.9 Å². The lowest BCUT2D eigenvalue weighted by Gasteiger charge is -2.05. The Bertz CT molecular complexity index is 1110. The number of nitro benzene ring substituents is 1. The number of rotatable bonds is 3. The van der Waals surface area contributed by atoms with Crippen LogP contribution in [-0.2, 0) is 0 Å². The minimum atomic E-state index is -0.452. The van der Waals surface area contributed by atoms with Gasteiger partial charge in [-0.2, -0.15) is 0 Å². The van der Waals surface area contributed by atoms with Crippen LogP contribution >= 0.6 is 0 Å². The number of H-pyrrole nitrogens is 1. The zero-order valence-corrected chi connectivity index (χ0v) is 12.5. The Kier molecular flexibility index (Phi) is 3.13. The lowest BCUT2D eigenvalue weighted by atomic mass is 9.97. The Morgan fingerprint density at radius 3 is 2.54 bits per heavy atom. The Labute approximate surface area is 136 Å². The summed E-state index contributed by atoms with van der Waals surface area (Å²) < 4.78 is 0. The second-order valence-electron chi connectivity index (χ2n) is 5.55. The number of hydrogen-bond acceptors (Lipinski definition) is 3. The number of nitrogens with one attached hydrogen (secondary N) is 1. The smallest absolute Gasteiger partial charge is 0.271 e. The molecule has 0 bridgehead atoms. The number of benzene rings is 3. The summed E-state index contributed by atoms with van der Waals surface area (Å²) in [6.07, 6.45) is 1.61. The lowest BCUT2D eigenvalue weighted by Crippen LogP contribution is -2.01. The molecule has 24 heavy (non-hydrogen) atoms. The number of fused-ring (bicyclic) bond motifs is 2. The number of non-ortho nitro benzene ring substituents is 1. The molecule has 0 saturated carbocycles. The molecule has 0 aliphatic heterocycles. The van der Waals surface area contributed by atoms with Gasteiger partial charge in [0.1, 0.15) is 0 Å². The zero-order chi connectivity index (χ0) is 16.7. The predicted molar refractivity (Wildman–Crippen MR) is 92.3 cm³/mol. The van der Waals surface area contributed by atoms with Crippen molar-refractivity contribution in [3.63, 3.8) is 0 Å². The molecule has 1 aromatic heterocycles. The van der Waals surface area contributed by atoms with Gasteiger partial charge < -0.3 is 4.98 Å². The van der Waals surface area contributed by atoms with Gasteiger partial charge in [-0.15, -0.1) is 0 Å². The van der Waals surface area contributed by atoms with Crippen LogP contribution in [0.1, 0.15) is 15.9 Å². The molecule has 0 saturated heterocycles. The van der Waals surface area contributed by atoms with Crippen molar-refractivity contribution in [2.24, 2.45) is 0 Å². The summed E-state index contributed by atoms with van der Waals surface area (Å²) in [6, 6.07) is 17.8. The number of carbonyl (C=O) groups excluding carboxylic acids is 1. The molecule has 5 heteroatoms. The maximum Gasteiger partial charge on any atom is 0.271 e. The fourth-order valence-electron chi connectivity index (χ4n) is 2.98. The first kappa shape index (κ1) is 14.1. The number of hydrogen-bond donors (Lipinski definition) is 1. The van der Waals surface area contributed by atoms with Crippen molar-refractivity contribution in [3.05, 3.63) is 88.1 Å². The standard InChI is InChI=1S/C19H12N2O3/c22-19(16-7-3-5-12-4-1-2-6-14(12)16)17-11-20-18-10-13(21(23)24)8-9-15(17)18/h1-11,20H. The first-order chi connectivity index (χ1) is 11.6. The molecule has 0 aliphatic carbocycles. The van der Waals surface area contributed by atoms with Gasteiger partial charge in [-0.1, -0.05) is 42.5 Å². The van der Waals surface area contributed by atoms with E-state index in [1.807, 2.05) is 36.4 Å². The normalized spacial score (nSPS) is 11.0. The number of carbonyl (C=O) groups is 1. The highest BCUT2D eigenvalue weighted by Crippen LogP contribution is 2.27. The summed E-state index contributed by atoms with van der Waals surface area (Å²) in [4.78, 5) is 26.4. The van der Waals surface area contributed by atoms with Gasteiger partial charge >= 0.3 is 0 Å². The van der Waals surface area contributed by atoms with Crippen molar-refractivity contribution in [1.82, 2.24) is 4.98 Å². The average molecular weight is 316 g/mol. The summed E-state index contributed by atoms with van der Waals surface area (Å²) in [5, 5.41) is 13.4. The monoisotopic (exact) mass is 316 g/mol. The van der Waals surface area contributed by atoms with E-state index in [0.29, 0.717) is 22.0 Å². The van der Waals surface area contributed by atoms with Crippen LogP contribution in [0, 0.1) is 10.1 Å². The molecule has 5 nitrogen and oxygen atoms in total. The van der Waals surface area contributed by atoms with Gasteiger partial charge in [-0.25, -0.2) is 0 Å². The first-order valence-corrected chi connectivity index (χ1v) is 7.43. The van der Waals surface area contributed by atoms with E-state index in [2.05, 4.69) is 4.98 Å². The van der Waals surface area contributed by atoms with Crippen molar-refractivity contribution in [3.8, 4) is 0 Å². The largest absolute Gasteiger partial charge is 0.360 e.